The van der Waals surface area contributed by atoms with Crippen molar-refractivity contribution in [1.29, 1.82) is 0 Å². The third kappa shape index (κ3) is 3.07. The average molecular weight is 209 g/mol. The minimum absolute atomic E-state index is 0.273. The minimum Gasteiger partial charge on any atom is -0.365 e. The number of hydroxylamine groups is 1. The predicted molar refractivity (Wildman–Crippen MR) is 51.5 cm³/mol. The number of rotatable bonds is 5. The zero-order valence-electron chi connectivity index (χ0n) is 8.17. The standard InChI is InChI=1S/C10H11NO4/c1-14-9(10(13)15-11-7-12)8-5-3-2-4-6-8/h2-7,9H,1H3,(H,11,12)/t9-/m1/s1. The van der Waals surface area contributed by atoms with Crippen LogP contribution >= 0.6 is 0 Å². The summed E-state index contributed by atoms with van der Waals surface area (Å²) in [5, 5.41) is 0. The maximum Gasteiger partial charge on any atom is 0.365 e. The highest BCUT2D eigenvalue weighted by Crippen LogP contribution is 2.16. The van der Waals surface area contributed by atoms with Crippen LogP contribution < -0.4 is 5.48 Å². The molecule has 15 heavy (non-hydrogen) atoms. The van der Waals surface area contributed by atoms with Gasteiger partial charge in [-0.05, 0) is 5.56 Å². The van der Waals surface area contributed by atoms with Gasteiger partial charge in [0.25, 0.3) is 0 Å². The summed E-state index contributed by atoms with van der Waals surface area (Å²) in [6.07, 6.45) is -0.561. The van der Waals surface area contributed by atoms with Crippen LogP contribution in [0.4, 0.5) is 0 Å². The number of benzene rings is 1. The summed E-state index contributed by atoms with van der Waals surface area (Å²) in [5.41, 5.74) is 2.49. The Morgan fingerprint density at radius 3 is 2.60 bits per heavy atom. The van der Waals surface area contributed by atoms with Crippen molar-refractivity contribution in [2.75, 3.05) is 7.11 Å². The Morgan fingerprint density at radius 1 is 1.40 bits per heavy atom. The van der Waals surface area contributed by atoms with Crippen LogP contribution in [0.1, 0.15) is 11.7 Å². The summed E-state index contributed by atoms with van der Waals surface area (Å²) in [7, 11) is 1.39. The van der Waals surface area contributed by atoms with Crippen molar-refractivity contribution in [3.8, 4) is 0 Å². The van der Waals surface area contributed by atoms with Crippen molar-refractivity contribution in [2.24, 2.45) is 0 Å². The summed E-state index contributed by atoms with van der Waals surface area (Å²) in [6.45, 7) is 0. The second kappa shape index (κ2) is 5.77. The lowest BCUT2D eigenvalue weighted by Crippen LogP contribution is -2.24. The molecule has 0 heterocycles. The fourth-order valence-electron chi connectivity index (χ4n) is 1.13. The molecule has 1 rings (SSSR count). The van der Waals surface area contributed by atoms with Gasteiger partial charge in [-0.1, -0.05) is 30.3 Å². The molecule has 1 amide bonds. The maximum absolute atomic E-state index is 11.4. The first-order valence-corrected chi connectivity index (χ1v) is 4.27. The maximum atomic E-state index is 11.4. The highest BCUT2D eigenvalue weighted by Gasteiger charge is 2.21. The van der Waals surface area contributed by atoms with E-state index >= 15 is 0 Å². The molecule has 0 fully saturated rings. The molecule has 1 N–H and O–H groups in total. The first-order chi connectivity index (χ1) is 7.29. The Balaban J connectivity index is 2.71. The van der Waals surface area contributed by atoms with Crippen LogP contribution in [0.15, 0.2) is 30.3 Å². The van der Waals surface area contributed by atoms with Gasteiger partial charge in [0.15, 0.2) is 6.10 Å². The third-order valence-corrected chi connectivity index (χ3v) is 1.76. The van der Waals surface area contributed by atoms with Gasteiger partial charge in [-0.25, -0.2) is 4.79 Å². The molecule has 1 aromatic rings. The average Bonchev–Trinajstić information content (AvgIpc) is 2.29. The van der Waals surface area contributed by atoms with Crippen LogP contribution in [-0.2, 0) is 19.2 Å². The van der Waals surface area contributed by atoms with Crippen LogP contribution in [0.2, 0.25) is 0 Å². The predicted octanol–water partition coefficient (Wildman–Crippen LogP) is 0.578. The van der Waals surface area contributed by atoms with Crippen LogP contribution in [0.25, 0.3) is 0 Å². The van der Waals surface area contributed by atoms with Crippen LogP contribution in [0, 0.1) is 0 Å². The van der Waals surface area contributed by atoms with Crippen LogP contribution in [-0.4, -0.2) is 19.5 Å². The van der Waals surface area contributed by atoms with E-state index < -0.39 is 12.1 Å². The lowest BCUT2D eigenvalue weighted by atomic mass is 10.1. The molecule has 0 aliphatic heterocycles. The van der Waals surface area contributed by atoms with Crippen LogP contribution in [0.5, 0.6) is 0 Å². The lowest BCUT2D eigenvalue weighted by molar-refractivity contribution is -0.165. The monoisotopic (exact) mass is 209 g/mol. The molecule has 0 spiro atoms. The zero-order valence-corrected chi connectivity index (χ0v) is 8.17. The van der Waals surface area contributed by atoms with E-state index in [9.17, 15) is 9.59 Å². The van der Waals surface area contributed by atoms with Crippen molar-refractivity contribution in [2.45, 2.75) is 6.10 Å². The number of nitrogens with one attached hydrogen (secondary N) is 1. The summed E-state index contributed by atoms with van der Waals surface area (Å²) < 4.78 is 4.96. The summed E-state index contributed by atoms with van der Waals surface area (Å²) in [5.74, 6) is -0.671. The normalized spacial score (nSPS) is 11.5. The molecule has 0 radical (unpaired) electrons. The van der Waals surface area contributed by atoms with E-state index in [1.165, 1.54) is 7.11 Å². The van der Waals surface area contributed by atoms with Gasteiger partial charge in [-0.2, -0.15) is 5.48 Å². The molecule has 0 aliphatic rings. The Hall–Kier alpha value is -1.88. The number of carbonyl (C=O) groups excluding carboxylic acids is 2. The molecule has 5 nitrogen and oxygen atoms in total. The van der Waals surface area contributed by atoms with Gasteiger partial charge < -0.3 is 9.57 Å². The minimum atomic E-state index is -0.835. The fraction of sp³-hybridized carbons (Fsp3) is 0.200. The SMILES string of the molecule is CO[C@@H](C(=O)ONC=O)c1ccccc1. The van der Waals surface area contributed by atoms with E-state index in [0.29, 0.717) is 5.56 Å². The van der Waals surface area contributed by atoms with Crippen molar-refractivity contribution in [1.82, 2.24) is 5.48 Å². The molecule has 0 saturated carbocycles. The van der Waals surface area contributed by atoms with E-state index in [2.05, 4.69) is 4.84 Å². The van der Waals surface area contributed by atoms with E-state index in [0.717, 1.165) is 0 Å². The molecule has 0 aliphatic carbocycles. The van der Waals surface area contributed by atoms with Crippen LogP contribution in [0.3, 0.4) is 0 Å². The van der Waals surface area contributed by atoms with E-state index in [4.69, 9.17) is 4.74 Å². The Morgan fingerprint density at radius 2 is 2.07 bits per heavy atom. The Kier molecular flexibility index (Phi) is 4.30. The van der Waals surface area contributed by atoms with Crippen molar-refractivity contribution >= 4 is 12.4 Å². The molecule has 0 aromatic heterocycles. The summed E-state index contributed by atoms with van der Waals surface area (Å²) in [6, 6.07) is 8.85. The van der Waals surface area contributed by atoms with Gasteiger partial charge in [0.05, 0.1) is 0 Å². The Bertz CT molecular complexity index is 325. The highest BCUT2D eigenvalue weighted by atomic mass is 16.7. The number of hydrogen-bond acceptors (Lipinski definition) is 4. The molecule has 80 valence electrons. The first-order valence-electron chi connectivity index (χ1n) is 4.27. The van der Waals surface area contributed by atoms with Gasteiger partial charge in [0.1, 0.15) is 0 Å². The smallest absolute Gasteiger partial charge is 0.365 e. The largest absolute Gasteiger partial charge is 0.365 e. The molecular weight excluding hydrogens is 198 g/mol. The third-order valence-electron chi connectivity index (χ3n) is 1.76. The Labute approximate surface area is 86.9 Å². The number of ether oxygens (including phenoxy) is 1. The number of carbonyl (C=O) groups is 2. The zero-order chi connectivity index (χ0) is 11.1. The van der Waals surface area contributed by atoms with E-state index in [-0.39, 0.29) is 6.41 Å². The molecule has 0 unspecified atom stereocenters. The van der Waals surface area contributed by atoms with Gasteiger partial charge in [0, 0.05) is 7.11 Å². The van der Waals surface area contributed by atoms with E-state index in [1.54, 1.807) is 24.3 Å². The second-order valence-electron chi connectivity index (χ2n) is 2.68. The fourth-order valence-corrected chi connectivity index (χ4v) is 1.13. The van der Waals surface area contributed by atoms with Gasteiger partial charge in [0.2, 0.25) is 6.41 Å². The molecular formula is C10H11NO4. The van der Waals surface area contributed by atoms with Crippen molar-refractivity contribution in [3.05, 3.63) is 35.9 Å². The highest BCUT2D eigenvalue weighted by molar-refractivity contribution is 5.77. The first kappa shape index (κ1) is 11.2. The van der Waals surface area contributed by atoms with E-state index in [1.807, 2.05) is 11.5 Å². The van der Waals surface area contributed by atoms with Gasteiger partial charge in [-0.15, -0.1) is 0 Å². The summed E-state index contributed by atoms with van der Waals surface area (Å²) in [4.78, 5) is 25.7. The molecule has 5 heteroatoms. The number of hydrogen-bond donors (Lipinski definition) is 1. The molecule has 0 bridgehead atoms. The molecule has 1 atom stereocenters. The second-order valence-corrected chi connectivity index (χ2v) is 2.68. The lowest BCUT2D eigenvalue weighted by Gasteiger charge is -2.12. The topological polar surface area (TPSA) is 64.6 Å². The van der Waals surface area contributed by atoms with Crippen molar-refractivity contribution in [3.63, 3.8) is 0 Å². The molecule has 0 saturated heterocycles. The van der Waals surface area contributed by atoms with Gasteiger partial charge in [-0.3, -0.25) is 4.79 Å². The number of amides is 1. The van der Waals surface area contributed by atoms with Gasteiger partial charge >= 0.3 is 5.97 Å². The van der Waals surface area contributed by atoms with Crippen molar-refractivity contribution < 1.29 is 19.2 Å². The summed E-state index contributed by atoms with van der Waals surface area (Å²) >= 11 is 0. The molecule has 1 aromatic carbocycles. The number of methoxy groups -OCH3 is 1. The quantitative estimate of drug-likeness (QED) is 0.569.